The van der Waals surface area contributed by atoms with Crippen LogP contribution >= 0.6 is 23.5 Å². The Bertz CT molecular complexity index is 3580. The zero-order valence-electron chi connectivity index (χ0n) is 42.8. The Hall–Kier alpha value is -5.78. The summed E-state index contributed by atoms with van der Waals surface area (Å²) in [6.07, 6.45) is 9.33. The molecule has 1 fully saturated rings. The molecule has 6 aliphatic rings. The number of phosphoric acid groups is 3. The Labute approximate surface area is 451 Å². The van der Waals surface area contributed by atoms with E-state index in [9.17, 15) is 48.1 Å². The number of ketones is 1. The number of unbranched alkanes of at least 4 members (excludes halogenated alkanes) is 3. The number of benzene rings is 3. The fourth-order valence-corrected chi connectivity index (χ4v) is 15.0. The zero-order chi connectivity index (χ0) is 55.4. The largest absolute Gasteiger partial charge is 0.490 e. The summed E-state index contributed by atoms with van der Waals surface area (Å²) in [5.41, 5.74) is 9.11. The van der Waals surface area contributed by atoms with Crippen LogP contribution in [0.25, 0.3) is 16.7 Å². The number of nitrogens with zero attached hydrogens (tertiary/aromatic N) is 6. The van der Waals surface area contributed by atoms with Gasteiger partial charge in [0.25, 0.3) is 0 Å². The van der Waals surface area contributed by atoms with E-state index in [4.69, 9.17) is 19.3 Å². The first-order chi connectivity index (χ1) is 37.8. The molecule has 420 valence electrons. The molecule has 6 aliphatic heterocycles. The van der Waals surface area contributed by atoms with Crippen molar-refractivity contribution < 1.29 is 80.5 Å². The van der Waals surface area contributed by atoms with Crippen LogP contribution in [0.3, 0.4) is 0 Å². The van der Waals surface area contributed by atoms with E-state index in [1.54, 1.807) is 6.07 Å². The maximum absolute atomic E-state index is 14.0. The highest BCUT2D eigenvalue weighted by Crippen LogP contribution is 2.66. The molecule has 0 spiro atoms. The number of Topliss-reactive ketones (excluding diaryl/α,β-unsaturated/α-hetero) is 1. The second-order valence-electron chi connectivity index (χ2n) is 20.6. The van der Waals surface area contributed by atoms with Crippen molar-refractivity contribution in [2.24, 2.45) is 0 Å². The van der Waals surface area contributed by atoms with Gasteiger partial charge in [0.15, 0.2) is 22.8 Å². The zero-order valence-corrected chi connectivity index (χ0v) is 45.5. The summed E-state index contributed by atoms with van der Waals surface area (Å²) in [7, 11) is -16.8. The van der Waals surface area contributed by atoms with Crippen molar-refractivity contribution in [2.75, 3.05) is 56.1 Å². The number of carboxylic acid groups (broad SMARTS) is 1. The highest BCUT2D eigenvalue weighted by molar-refractivity contribution is 7.66. The van der Waals surface area contributed by atoms with Gasteiger partial charge >= 0.3 is 29.4 Å². The first-order valence-electron chi connectivity index (χ1n) is 26.4. The summed E-state index contributed by atoms with van der Waals surface area (Å²) in [5.74, 6) is 0.0173. The maximum Gasteiger partial charge on any atom is 0.490 e. The number of aliphatic hydroxyl groups is 1. The number of hydrogen-bond acceptors (Lipinski definition) is 17. The Balaban J connectivity index is 0.702. The third-order valence-corrected chi connectivity index (χ3v) is 19.1. The summed E-state index contributed by atoms with van der Waals surface area (Å²) in [6.45, 7) is 3.98. The number of imidazole rings is 1. The van der Waals surface area contributed by atoms with Crippen LogP contribution in [0, 0.1) is 0 Å². The van der Waals surface area contributed by atoms with Gasteiger partial charge in [0.05, 0.1) is 36.6 Å². The van der Waals surface area contributed by atoms with E-state index < -0.39 is 72.6 Å². The summed E-state index contributed by atoms with van der Waals surface area (Å²) < 4.78 is 63.8. The number of carbonyl (C=O) groups is 3. The highest BCUT2D eigenvalue weighted by Gasteiger charge is 2.44. The molecule has 0 saturated carbocycles. The van der Waals surface area contributed by atoms with Gasteiger partial charge in [0.2, 0.25) is 11.3 Å². The number of hydrogen-bond donors (Lipinski definition) is 8. The molecule has 79 heavy (non-hydrogen) atoms. The fourth-order valence-electron chi connectivity index (χ4n) is 12.0. The SMILES string of the molecule is O=C(CC(=O)c1ccc(C(=O)O)c(C2=c3cc4c5c(c3Oc3c2cc2c6c3CCCN6CCC2)CCC[N+]=5CCC4)c1)NCCCCCCNc1ncnc2c1ncn2[C@H]1C[C@H](O)[C@@H](COP(=O)(O)OP(=O)(O)OP(=O)(O)O)O1. The predicted molar refractivity (Wildman–Crippen MR) is 282 cm³/mol. The average molecular weight is 1150 g/mol. The van der Waals surface area contributed by atoms with Crippen LogP contribution in [-0.2, 0) is 62.1 Å². The lowest BCUT2D eigenvalue weighted by molar-refractivity contribution is -0.120. The Kier molecular flexibility index (Phi) is 15.6. The third kappa shape index (κ3) is 11.6. The first-order valence-corrected chi connectivity index (χ1v) is 31.0. The van der Waals surface area contributed by atoms with E-state index in [0.717, 1.165) is 136 Å². The van der Waals surface area contributed by atoms with Gasteiger partial charge in [-0.2, -0.15) is 8.62 Å². The van der Waals surface area contributed by atoms with E-state index in [-0.39, 0.29) is 17.5 Å². The van der Waals surface area contributed by atoms with Gasteiger partial charge in [-0.15, -0.1) is 0 Å². The van der Waals surface area contributed by atoms with E-state index >= 15 is 0 Å². The number of carboxylic acids is 1. The van der Waals surface area contributed by atoms with E-state index in [1.807, 2.05) is 0 Å². The van der Waals surface area contributed by atoms with Crippen molar-refractivity contribution in [3.63, 3.8) is 0 Å². The molecule has 28 heteroatoms. The molecule has 11 rings (SSSR count). The van der Waals surface area contributed by atoms with Gasteiger partial charge in [0, 0.05) is 84.2 Å². The molecule has 2 unspecified atom stereocenters. The van der Waals surface area contributed by atoms with Crippen LogP contribution in [0.5, 0.6) is 11.5 Å². The topological polar surface area (TPSA) is 344 Å². The monoisotopic (exact) mass is 1150 g/mol. The predicted octanol–water partition coefficient (Wildman–Crippen LogP) is 4.31. The number of nitrogens with one attached hydrogen (secondary N) is 2. The van der Waals surface area contributed by atoms with Crippen molar-refractivity contribution in [1.29, 1.82) is 0 Å². The summed E-state index contributed by atoms with van der Waals surface area (Å²) in [5, 5.41) is 29.6. The van der Waals surface area contributed by atoms with Crippen molar-refractivity contribution in [3.05, 3.63) is 98.1 Å². The standard InChI is InChI=1S/C51H59N8O17P3/c60-38(24-41(62)52-15-3-1-2-4-16-53-49-44-50(55-27-54-49)59(28-56-44)42-25-39(61)40(73-42)26-72-78(68,69)76-79(70,71)75-77(65,66)67)29-13-14-32(51(63)64)35(21-29)43-36-22-30-9-5-17-57-19-7-11-33(45(30)57)47(36)74-48-34-12-8-20-58-18-6-10-31(46(34)58)23-37(43)48/h13-14,21-23,27-28,39-40,42,61H,1-12,15-20,24-26H2,(H6-,52,53,54,55,62,63,64,65,66,67,68,69,70,71)/p+1/t39-,40+,42+/m0/s1. The normalized spacial score (nSPS) is 20.8. The number of rotatable bonds is 21. The highest BCUT2D eigenvalue weighted by atomic mass is 31.3. The molecular formula is C51H60N8O17P3+. The van der Waals surface area contributed by atoms with Crippen molar-refractivity contribution in [3.8, 4) is 11.5 Å². The van der Waals surface area contributed by atoms with E-state index in [0.29, 0.717) is 42.1 Å². The van der Waals surface area contributed by atoms with Crippen molar-refractivity contribution in [1.82, 2.24) is 29.4 Å². The van der Waals surface area contributed by atoms with Crippen molar-refractivity contribution in [2.45, 2.75) is 108 Å². The molecule has 5 aromatic rings. The summed E-state index contributed by atoms with van der Waals surface area (Å²) >= 11 is 0. The van der Waals surface area contributed by atoms with Gasteiger partial charge in [-0.25, -0.2) is 38.0 Å². The number of ether oxygens (including phenoxy) is 2. The molecule has 2 aromatic heterocycles. The molecule has 0 aliphatic carbocycles. The lowest BCUT2D eigenvalue weighted by atomic mass is 9.81. The number of carbonyl (C=O) groups excluding carboxylic acids is 2. The summed E-state index contributed by atoms with van der Waals surface area (Å²) in [4.78, 5) is 92.6. The number of aliphatic hydroxyl groups excluding tert-OH is 1. The number of amides is 1. The van der Waals surface area contributed by atoms with Crippen LogP contribution in [0.15, 0.2) is 43.0 Å². The Morgan fingerprint density at radius 1 is 0.810 bits per heavy atom. The van der Waals surface area contributed by atoms with Gasteiger partial charge in [-0.05, 0) is 86.8 Å². The number of phosphoric ester groups is 1. The van der Waals surface area contributed by atoms with E-state index in [2.05, 4.69) is 60.3 Å². The molecule has 25 nitrogen and oxygen atoms in total. The lowest BCUT2D eigenvalue weighted by Crippen LogP contribution is -2.45. The number of aromatic carboxylic acids is 1. The summed E-state index contributed by atoms with van der Waals surface area (Å²) in [6, 6.07) is 9.06. The molecule has 0 radical (unpaired) electrons. The molecular weight excluding hydrogens is 1090 g/mol. The van der Waals surface area contributed by atoms with Gasteiger partial charge in [-0.3, -0.25) is 18.7 Å². The minimum Gasteiger partial charge on any atom is -0.478 e. The minimum atomic E-state index is -5.73. The Morgan fingerprint density at radius 3 is 2.34 bits per heavy atom. The number of aromatic nitrogens is 4. The third-order valence-electron chi connectivity index (χ3n) is 15.3. The average Bonchev–Trinajstić information content (AvgIpc) is 3.64. The Morgan fingerprint density at radius 2 is 1.56 bits per heavy atom. The van der Waals surface area contributed by atoms with Gasteiger partial charge in [0.1, 0.15) is 43.2 Å². The molecule has 8 N–H and O–H groups in total. The van der Waals surface area contributed by atoms with Crippen LogP contribution in [0.4, 0.5) is 11.5 Å². The van der Waals surface area contributed by atoms with Gasteiger partial charge < -0.3 is 54.8 Å². The van der Waals surface area contributed by atoms with E-state index in [1.165, 1.54) is 51.5 Å². The molecule has 3 aromatic carbocycles. The van der Waals surface area contributed by atoms with Crippen LogP contribution in [0.2, 0.25) is 0 Å². The minimum absolute atomic E-state index is 0.0493. The quantitative estimate of drug-likeness (QED) is 0.0164. The maximum atomic E-state index is 14.0. The number of fused-ring (bicyclic) bond motifs is 5. The second kappa shape index (κ2) is 22.3. The van der Waals surface area contributed by atoms with Crippen LogP contribution < -0.4 is 35.4 Å². The van der Waals surface area contributed by atoms with Crippen LogP contribution in [-0.4, -0.2) is 125 Å². The molecule has 8 heterocycles. The smallest absolute Gasteiger partial charge is 0.478 e. The molecule has 1 amide bonds. The first kappa shape index (κ1) is 55.1. The second-order valence-corrected chi connectivity index (χ2v) is 25.0. The molecule has 5 atom stereocenters. The van der Waals surface area contributed by atoms with Crippen LogP contribution in [0.1, 0.15) is 125 Å². The lowest BCUT2D eigenvalue weighted by Gasteiger charge is -2.39. The molecule has 1 saturated heterocycles. The van der Waals surface area contributed by atoms with Gasteiger partial charge in [-0.1, -0.05) is 18.9 Å². The number of aryl methyl sites for hydroxylation is 2. The molecule has 0 bridgehead atoms. The number of anilines is 2. The van der Waals surface area contributed by atoms with Crippen molar-refractivity contribution >= 4 is 69.4 Å². The fraction of sp³-hybridized carbons (Fsp3) is 0.471.